The van der Waals surface area contributed by atoms with Crippen molar-refractivity contribution in [2.24, 2.45) is 5.92 Å². The largest absolute Gasteiger partial charge is 0.458 e. The monoisotopic (exact) mass is 133 g/mol. The zero-order valence-electron chi connectivity index (χ0n) is 5.52. The van der Waals surface area contributed by atoms with Crippen molar-refractivity contribution in [1.29, 1.82) is 0 Å². The first-order valence-corrected chi connectivity index (χ1v) is 3.93. The molecule has 0 unspecified atom stereocenters. The topological polar surface area (TPSA) is 17.1 Å². The third-order valence-corrected chi connectivity index (χ3v) is 1.46. The van der Waals surface area contributed by atoms with E-state index in [9.17, 15) is 4.21 Å². The molecule has 0 aromatic heterocycles. The maximum Gasteiger partial charge on any atom is 0.458 e. The van der Waals surface area contributed by atoms with Crippen LogP contribution in [0, 0.1) is 5.92 Å². The zero-order chi connectivity index (χ0) is 6.41. The van der Waals surface area contributed by atoms with Crippen molar-refractivity contribution in [2.75, 3.05) is 5.75 Å². The molecule has 8 heavy (non-hydrogen) atoms. The molecule has 0 N–H and O–H groups in total. The summed E-state index contributed by atoms with van der Waals surface area (Å²) in [5, 5.41) is 0. The molecule has 0 bridgehead atoms. The highest BCUT2D eigenvalue weighted by Crippen LogP contribution is 2.01. The summed E-state index contributed by atoms with van der Waals surface area (Å²) >= 11 is 0.694. The lowest BCUT2D eigenvalue weighted by Crippen LogP contribution is -1.89. The Kier molecular flexibility index (Phi) is 5.18. The normalized spacial score (nSPS) is 9.88. The van der Waals surface area contributed by atoms with Crippen molar-refractivity contribution in [3.63, 3.8) is 0 Å². The summed E-state index contributed by atoms with van der Waals surface area (Å²) in [5.41, 5.74) is 0. The first kappa shape index (κ1) is 8.02. The number of hydrogen-bond donors (Lipinski definition) is 0. The smallest absolute Gasteiger partial charge is 0.0628 e. The lowest BCUT2D eigenvalue weighted by atomic mass is 10.1. The molecule has 0 aliphatic heterocycles. The van der Waals surface area contributed by atoms with E-state index in [0.717, 1.165) is 18.1 Å². The lowest BCUT2D eigenvalue weighted by Gasteiger charge is -1.95. The predicted octanol–water partition coefficient (Wildman–Crippen LogP) is 1.85. The molecule has 0 aromatic carbocycles. The Hall–Kier alpha value is 0.0200. The van der Waals surface area contributed by atoms with Gasteiger partial charge in [-0.15, -0.1) is 0 Å². The molecule has 0 fully saturated rings. The van der Waals surface area contributed by atoms with Gasteiger partial charge in [0.2, 0.25) is 5.75 Å². The van der Waals surface area contributed by atoms with Crippen LogP contribution in [0.3, 0.4) is 0 Å². The van der Waals surface area contributed by atoms with Crippen molar-refractivity contribution < 1.29 is 4.21 Å². The first-order valence-electron chi connectivity index (χ1n) is 3.02. The molecule has 0 aromatic rings. The molecule has 2 heteroatoms. The molecule has 48 valence electrons. The summed E-state index contributed by atoms with van der Waals surface area (Å²) in [6.07, 6.45) is 2.26. The number of hydrogen-bond acceptors (Lipinski definition) is 1. The SMILES string of the molecule is CC(C)CCC[S+]=O. The minimum atomic E-state index is 0.694. The molecule has 0 spiro atoms. The molecule has 0 atom stereocenters. The minimum absolute atomic E-state index is 0.694. The van der Waals surface area contributed by atoms with Crippen LogP contribution in [0.4, 0.5) is 0 Å². The van der Waals surface area contributed by atoms with E-state index < -0.39 is 0 Å². The molecule has 0 rings (SSSR count). The van der Waals surface area contributed by atoms with E-state index in [0.29, 0.717) is 11.7 Å². The van der Waals surface area contributed by atoms with E-state index in [2.05, 4.69) is 13.8 Å². The Morgan fingerprint density at radius 2 is 2.12 bits per heavy atom. The lowest BCUT2D eigenvalue weighted by molar-refractivity contribution is 0.570. The summed E-state index contributed by atoms with van der Waals surface area (Å²) in [6, 6.07) is 0. The Bertz CT molecular complexity index is 61.5. The summed E-state index contributed by atoms with van der Waals surface area (Å²) in [6.45, 7) is 4.35. The van der Waals surface area contributed by atoms with Gasteiger partial charge in [-0.3, -0.25) is 0 Å². The Labute approximate surface area is 55.0 Å². The van der Waals surface area contributed by atoms with Crippen LogP contribution in [0.15, 0.2) is 0 Å². The molecule has 1 nitrogen and oxygen atoms in total. The highest BCUT2D eigenvalue weighted by Gasteiger charge is 1.98. The van der Waals surface area contributed by atoms with Crippen LogP contribution < -0.4 is 0 Å². The number of rotatable bonds is 4. The molecular weight excluding hydrogens is 120 g/mol. The van der Waals surface area contributed by atoms with Crippen molar-refractivity contribution >= 4 is 11.7 Å². The maximum atomic E-state index is 9.83. The van der Waals surface area contributed by atoms with E-state index in [1.807, 2.05) is 0 Å². The highest BCUT2D eigenvalue weighted by atomic mass is 32.1. The van der Waals surface area contributed by atoms with Crippen molar-refractivity contribution in [1.82, 2.24) is 0 Å². The molecule has 0 saturated heterocycles. The van der Waals surface area contributed by atoms with E-state index >= 15 is 0 Å². The van der Waals surface area contributed by atoms with Crippen LogP contribution in [-0.2, 0) is 15.9 Å². The zero-order valence-corrected chi connectivity index (χ0v) is 6.33. The maximum absolute atomic E-state index is 9.83. The Balaban J connectivity index is 2.81. The van der Waals surface area contributed by atoms with Gasteiger partial charge in [-0.25, -0.2) is 0 Å². The fourth-order valence-electron chi connectivity index (χ4n) is 0.551. The van der Waals surface area contributed by atoms with E-state index in [4.69, 9.17) is 0 Å². The molecule has 0 amide bonds. The Morgan fingerprint density at radius 3 is 2.50 bits per heavy atom. The van der Waals surface area contributed by atoms with E-state index in [1.54, 1.807) is 0 Å². The summed E-state index contributed by atoms with van der Waals surface area (Å²) in [5.74, 6) is 1.53. The van der Waals surface area contributed by atoms with Crippen molar-refractivity contribution in [2.45, 2.75) is 26.7 Å². The van der Waals surface area contributed by atoms with E-state index in [1.165, 1.54) is 6.42 Å². The predicted molar refractivity (Wildman–Crippen MR) is 37.0 cm³/mol. The van der Waals surface area contributed by atoms with Gasteiger partial charge in [0, 0.05) is 10.6 Å². The third-order valence-electron chi connectivity index (χ3n) is 1.01. The summed E-state index contributed by atoms with van der Waals surface area (Å²) < 4.78 is 9.83. The van der Waals surface area contributed by atoms with Gasteiger partial charge in [0.1, 0.15) is 0 Å². The van der Waals surface area contributed by atoms with Gasteiger partial charge in [-0.05, 0) is 12.3 Å². The van der Waals surface area contributed by atoms with Gasteiger partial charge < -0.3 is 0 Å². The standard InChI is InChI=1S/C6H13OS/c1-6(2)4-3-5-8-7/h6H,3-5H2,1-2H3/q+1. The molecule has 0 radical (unpaired) electrons. The van der Waals surface area contributed by atoms with Gasteiger partial charge in [0.05, 0.1) is 0 Å². The molecule has 0 aliphatic carbocycles. The fraction of sp³-hybridized carbons (Fsp3) is 1.00. The minimum Gasteiger partial charge on any atom is -0.0628 e. The average molecular weight is 133 g/mol. The molecular formula is C6H13OS+. The van der Waals surface area contributed by atoms with Gasteiger partial charge >= 0.3 is 11.7 Å². The third kappa shape index (κ3) is 6.02. The fourth-order valence-corrected chi connectivity index (χ4v) is 0.835. The highest BCUT2D eigenvalue weighted by molar-refractivity contribution is 7.65. The van der Waals surface area contributed by atoms with Crippen molar-refractivity contribution in [3.05, 3.63) is 0 Å². The van der Waals surface area contributed by atoms with Crippen molar-refractivity contribution in [3.8, 4) is 0 Å². The second-order valence-corrected chi connectivity index (χ2v) is 3.00. The van der Waals surface area contributed by atoms with E-state index in [-0.39, 0.29) is 0 Å². The molecule has 0 saturated carbocycles. The average Bonchev–Trinajstić information content (AvgIpc) is 1.66. The summed E-state index contributed by atoms with van der Waals surface area (Å²) in [7, 11) is 0. The van der Waals surface area contributed by atoms with Crippen LogP contribution in [0.1, 0.15) is 26.7 Å². The van der Waals surface area contributed by atoms with Crippen LogP contribution in [0.2, 0.25) is 0 Å². The summed E-state index contributed by atoms with van der Waals surface area (Å²) in [4.78, 5) is 0. The van der Waals surface area contributed by atoms with Gasteiger partial charge in [-0.2, -0.15) is 0 Å². The van der Waals surface area contributed by atoms with Crippen LogP contribution >= 0.6 is 0 Å². The van der Waals surface area contributed by atoms with Crippen LogP contribution in [0.5, 0.6) is 0 Å². The quantitative estimate of drug-likeness (QED) is 0.422. The van der Waals surface area contributed by atoms with Gasteiger partial charge in [0.15, 0.2) is 0 Å². The van der Waals surface area contributed by atoms with Gasteiger partial charge in [0.25, 0.3) is 0 Å². The first-order chi connectivity index (χ1) is 3.77. The molecule has 0 heterocycles. The van der Waals surface area contributed by atoms with Gasteiger partial charge in [-0.1, -0.05) is 13.8 Å². The van der Waals surface area contributed by atoms with Crippen LogP contribution in [0.25, 0.3) is 0 Å². The molecule has 0 aliphatic rings. The second-order valence-electron chi connectivity index (χ2n) is 2.36. The van der Waals surface area contributed by atoms with Crippen LogP contribution in [-0.4, -0.2) is 5.75 Å². The Morgan fingerprint density at radius 1 is 1.50 bits per heavy atom. The second kappa shape index (κ2) is 5.16.